The lowest BCUT2D eigenvalue weighted by molar-refractivity contribution is -0.130. The van der Waals surface area contributed by atoms with Gasteiger partial charge in [-0.05, 0) is 97.4 Å². The van der Waals surface area contributed by atoms with E-state index in [1.807, 2.05) is 84.9 Å². The van der Waals surface area contributed by atoms with Crippen LogP contribution in [-0.4, -0.2) is 98.5 Å². The van der Waals surface area contributed by atoms with E-state index < -0.39 is 14.4 Å². The Morgan fingerprint density at radius 1 is 0.908 bits per heavy atom. The number of aromatic amines is 1. The number of pyridine rings is 1. The van der Waals surface area contributed by atoms with Crippen molar-refractivity contribution < 1.29 is 28.7 Å². The van der Waals surface area contributed by atoms with Crippen molar-refractivity contribution in [2.45, 2.75) is 89.6 Å². The average Bonchev–Trinajstić information content (AvgIpc) is 3.27. The minimum Gasteiger partial charge on any atom is -0.506 e. The van der Waals surface area contributed by atoms with Gasteiger partial charge in [-0.25, -0.2) is 4.79 Å². The standard InChI is InChI=1S/C51H66N6O7Si/c1-51(2,3)65(5,6)64-45(41-21-23-44(58)49-42(41)22-24-47(60)55-49)35-52-29-25-36-14-12-17-38(34-36)53-46(59)20-13-30-56(4)48(61)28-33-57-31-26-39(27-32-57)63-50(62)54-43-19-11-10-18-40(43)37-15-8-7-9-16-37/h7-12,14-19,21-24,34,39,45,52,58H,13,20,25-33,35H2,1-6H3,(H,53,59)(H,54,62)(H,55,60). The molecule has 1 saturated heterocycles. The van der Waals surface area contributed by atoms with Gasteiger partial charge in [-0.1, -0.05) is 87.5 Å². The number of benzene rings is 4. The van der Waals surface area contributed by atoms with Crippen LogP contribution in [0.1, 0.15) is 70.1 Å². The first-order chi connectivity index (χ1) is 31.1. The quantitative estimate of drug-likeness (QED) is 0.0402. The Labute approximate surface area is 384 Å². The number of ether oxygens (including phenoxy) is 1. The van der Waals surface area contributed by atoms with Gasteiger partial charge in [-0.2, -0.15) is 0 Å². The van der Waals surface area contributed by atoms with Crippen molar-refractivity contribution in [3.05, 3.63) is 125 Å². The van der Waals surface area contributed by atoms with Crippen molar-refractivity contribution >= 4 is 48.5 Å². The highest BCUT2D eigenvalue weighted by Crippen LogP contribution is 2.41. The fourth-order valence-electron chi connectivity index (χ4n) is 7.83. The number of para-hydroxylation sites is 1. The Kier molecular flexibility index (Phi) is 16.8. The predicted molar refractivity (Wildman–Crippen MR) is 262 cm³/mol. The summed E-state index contributed by atoms with van der Waals surface area (Å²) in [7, 11) is -0.432. The molecule has 0 saturated carbocycles. The minimum atomic E-state index is -2.21. The van der Waals surface area contributed by atoms with E-state index in [2.05, 4.69) is 59.7 Å². The van der Waals surface area contributed by atoms with Crippen molar-refractivity contribution in [2.24, 2.45) is 0 Å². The number of phenolic OH excluding ortho intramolecular Hbond substituents is 1. The SMILES string of the molecule is CN(CCCC(=O)Nc1cccc(CCNCC(O[Si](C)(C)C(C)(C)C)c2ccc(O)c3[nH]c(=O)ccc23)c1)C(=O)CCN1CCC(OC(=O)Nc2ccccc2-c2ccccc2)CC1. The number of carbonyl (C=O) groups is 3. The normalized spacial score (nSPS) is 14.2. The third-order valence-corrected chi connectivity index (χ3v) is 17.1. The molecule has 4 aromatic carbocycles. The van der Waals surface area contributed by atoms with E-state index >= 15 is 0 Å². The number of nitrogens with zero attached hydrogens (tertiary/aromatic N) is 2. The minimum absolute atomic E-state index is 0.0177. The van der Waals surface area contributed by atoms with E-state index in [0.29, 0.717) is 63.1 Å². The van der Waals surface area contributed by atoms with Crippen molar-refractivity contribution in [2.75, 3.05) is 56.9 Å². The highest BCUT2D eigenvalue weighted by atomic mass is 28.4. The molecule has 1 aliphatic rings. The lowest BCUT2D eigenvalue weighted by atomic mass is 10.0. The topological polar surface area (TPSA) is 165 Å². The summed E-state index contributed by atoms with van der Waals surface area (Å²) in [5, 5.41) is 20.8. The second-order valence-corrected chi connectivity index (χ2v) is 23.3. The van der Waals surface area contributed by atoms with Gasteiger partial charge in [-0.3, -0.25) is 19.7 Å². The molecule has 0 aliphatic carbocycles. The molecule has 0 radical (unpaired) electrons. The Balaban J connectivity index is 0.884. The van der Waals surface area contributed by atoms with Crippen LogP contribution in [0.3, 0.4) is 0 Å². The molecule has 2 heterocycles. The molecule has 5 N–H and O–H groups in total. The summed E-state index contributed by atoms with van der Waals surface area (Å²) in [5.74, 6) is -0.0512. The highest BCUT2D eigenvalue weighted by Gasteiger charge is 2.40. The first kappa shape index (κ1) is 48.6. The zero-order valence-corrected chi connectivity index (χ0v) is 39.7. The fraction of sp³-hybridized carbons (Fsp3) is 0.412. The van der Waals surface area contributed by atoms with Gasteiger partial charge in [-0.15, -0.1) is 0 Å². The molecule has 346 valence electrons. The summed E-state index contributed by atoms with van der Waals surface area (Å²) in [5.41, 5.74) is 5.46. The van der Waals surface area contributed by atoms with E-state index in [1.54, 1.807) is 24.1 Å². The van der Waals surface area contributed by atoms with E-state index in [4.69, 9.17) is 9.16 Å². The number of aromatic hydroxyl groups is 1. The third kappa shape index (κ3) is 13.8. The third-order valence-electron chi connectivity index (χ3n) is 12.6. The van der Waals surface area contributed by atoms with Crippen LogP contribution >= 0.6 is 0 Å². The van der Waals surface area contributed by atoms with Crippen LogP contribution in [0.2, 0.25) is 18.1 Å². The number of nitrogens with one attached hydrogen (secondary N) is 4. The molecule has 65 heavy (non-hydrogen) atoms. The molecule has 1 atom stereocenters. The van der Waals surface area contributed by atoms with E-state index in [9.17, 15) is 24.3 Å². The van der Waals surface area contributed by atoms with Crippen LogP contribution in [0.4, 0.5) is 16.2 Å². The van der Waals surface area contributed by atoms with Gasteiger partial charge in [0, 0.05) is 75.3 Å². The Bertz CT molecular complexity index is 2450. The zero-order valence-electron chi connectivity index (χ0n) is 38.7. The summed E-state index contributed by atoms with van der Waals surface area (Å²) >= 11 is 0. The molecule has 5 aromatic rings. The number of H-pyrrole nitrogens is 1. The van der Waals surface area contributed by atoms with Crippen LogP contribution in [0.5, 0.6) is 5.75 Å². The number of aromatic nitrogens is 1. The number of hydrogen-bond acceptors (Lipinski definition) is 9. The van der Waals surface area contributed by atoms with Crippen LogP contribution in [0, 0.1) is 0 Å². The molecule has 1 fully saturated rings. The maximum Gasteiger partial charge on any atom is 0.411 e. The number of fused-ring (bicyclic) bond motifs is 1. The van der Waals surface area contributed by atoms with Gasteiger partial charge in [0.25, 0.3) is 0 Å². The lowest BCUT2D eigenvalue weighted by Gasteiger charge is -2.39. The molecule has 1 aliphatic heterocycles. The first-order valence-electron chi connectivity index (χ1n) is 22.8. The van der Waals surface area contributed by atoms with Gasteiger partial charge in [0.05, 0.1) is 17.3 Å². The second-order valence-electron chi connectivity index (χ2n) is 18.5. The summed E-state index contributed by atoms with van der Waals surface area (Å²) in [4.78, 5) is 57.5. The Morgan fingerprint density at radius 3 is 2.40 bits per heavy atom. The molecule has 1 unspecified atom stereocenters. The van der Waals surface area contributed by atoms with Gasteiger partial charge < -0.3 is 39.7 Å². The number of anilines is 2. The van der Waals surface area contributed by atoms with Crippen LogP contribution in [0.15, 0.2) is 108 Å². The van der Waals surface area contributed by atoms with Gasteiger partial charge in [0.15, 0.2) is 8.32 Å². The van der Waals surface area contributed by atoms with E-state index in [0.717, 1.165) is 52.8 Å². The number of hydrogen-bond donors (Lipinski definition) is 5. The largest absolute Gasteiger partial charge is 0.506 e. The van der Waals surface area contributed by atoms with Crippen molar-refractivity contribution in [1.29, 1.82) is 0 Å². The molecule has 6 rings (SSSR count). The van der Waals surface area contributed by atoms with E-state index in [-0.39, 0.29) is 46.8 Å². The molecule has 13 nitrogen and oxygen atoms in total. The highest BCUT2D eigenvalue weighted by molar-refractivity contribution is 6.74. The Hall–Kier alpha value is -5.80. The number of likely N-dealkylation sites (tertiary alicyclic amines) is 1. The van der Waals surface area contributed by atoms with Gasteiger partial charge >= 0.3 is 6.09 Å². The molecule has 3 amide bonds. The summed E-state index contributed by atoms with van der Waals surface area (Å²) < 4.78 is 12.7. The number of carbonyl (C=O) groups excluding carboxylic acids is 3. The fourth-order valence-corrected chi connectivity index (χ4v) is 9.11. The Morgan fingerprint density at radius 2 is 1.65 bits per heavy atom. The number of phenols is 1. The predicted octanol–water partition coefficient (Wildman–Crippen LogP) is 9.08. The van der Waals surface area contributed by atoms with Crippen molar-refractivity contribution in [1.82, 2.24) is 20.1 Å². The van der Waals surface area contributed by atoms with E-state index in [1.165, 1.54) is 6.07 Å². The monoisotopic (exact) mass is 902 g/mol. The first-order valence-corrected chi connectivity index (χ1v) is 25.7. The molecular weight excluding hydrogens is 837 g/mol. The smallest absolute Gasteiger partial charge is 0.411 e. The van der Waals surface area contributed by atoms with Crippen molar-refractivity contribution in [3.63, 3.8) is 0 Å². The van der Waals surface area contributed by atoms with Gasteiger partial charge in [0.2, 0.25) is 17.4 Å². The molecule has 1 aromatic heterocycles. The number of piperidine rings is 1. The zero-order chi connectivity index (χ0) is 46.6. The molecular formula is C51H66N6O7Si. The van der Waals surface area contributed by atoms with Crippen molar-refractivity contribution in [3.8, 4) is 16.9 Å². The average molecular weight is 903 g/mol. The summed E-state index contributed by atoms with van der Waals surface area (Å²) in [6.07, 6.45) is 2.37. The maximum absolute atomic E-state index is 13.0. The molecule has 0 bridgehead atoms. The van der Waals surface area contributed by atoms with Gasteiger partial charge in [0.1, 0.15) is 11.9 Å². The molecule has 14 heteroatoms. The van der Waals surface area contributed by atoms with Crippen LogP contribution in [0.25, 0.3) is 22.0 Å². The molecule has 0 spiro atoms. The lowest BCUT2D eigenvalue weighted by Crippen LogP contribution is -2.43. The summed E-state index contributed by atoms with van der Waals surface area (Å²) in [6.45, 7) is 14.8. The number of amides is 3. The number of rotatable bonds is 19. The second kappa shape index (κ2) is 22.4. The van der Waals surface area contributed by atoms with Crippen LogP contribution < -0.4 is 21.5 Å². The maximum atomic E-state index is 13.0. The summed E-state index contributed by atoms with van der Waals surface area (Å²) in [6, 6.07) is 32.1. The van der Waals surface area contributed by atoms with Crippen LogP contribution in [-0.2, 0) is 25.2 Å².